The molecular formula is C33H44FN5O2. The number of hydrogen-bond acceptors (Lipinski definition) is 4. The van der Waals surface area contributed by atoms with Gasteiger partial charge in [-0.05, 0) is 107 Å². The lowest BCUT2D eigenvalue weighted by Crippen LogP contribution is -2.34. The van der Waals surface area contributed by atoms with Gasteiger partial charge in [0.15, 0.2) is 0 Å². The third-order valence-corrected chi connectivity index (χ3v) is 9.38. The van der Waals surface area contributed by atoms with Gasteiger partial charge in [-0.25, -0.2) is 4.39 Å². The molecule has 1 saturated carbocycles. The summed E-state index contributed by atoms with van der Waals surface area (Å²) in [5, 5.41) is 3.98. The number of amides is 2. The number of benzene rings is 1. The Morgan fingerprint density at radius 1 is 1.12 bits per heavy atom. The molecule has 41 heavy (non-hydrogen) atoms. The summed E-state index contributed by atoms with van der Waals surface area (Å²) in [6.45, 7) is 9.29. The maximum absolute atomic E-state index is 14.4. The average molecular weight is 562 g/mol. The second-order valence-corrected chi connectivity index (χ2v) is 12.5. The molecule has 0 radical (unpaired) electrons. The summed E-state index contributed by atoms with van der Waals surface area (Å²) in [5.74, 6) is 0.968. The smallest absolute Gasteiger partial charge is 0.256 e. The third-order valence-electron chi connectivity index (χ3n) is 9.38. The number of halogens is 1. The van der Waals surface area contributed by atoms with Gasteiger partial charge in [0.1, 0.15) is 5.82 Å². The van der Waals surface area contributed by atoms with Crippen molar-refractivity contribution < 1.29 is 14.0 Å². The minimum atomic E-state index is -0.423. The van der Waals surface area contributed by atoms with Gasteiger partial charge in [-0.15, -0.1) is 0 Å². The number of aryl methyl sites for hydroxylation is 1. The van der Waals surface area contributed by atoms with Gasteiger partial charge in [-0.1, -0.05) is 0 Å². The highest BCUT2D eigenvalue weighted by molar-refractivity contribution is 5.99. The first-order valence-corrected chi connectivity index (χ1v) is 15.1. The molecule has 8 heteroatoms. The van der Waals surface area contributed by atoms with E-state index in [-0.39, 0.29) is 23.8 Å². The lowest BCUT2D eigenvalue weighted by molar-refractivity contribution is -0.125. The zero-order valence-corrected chi connectivity index (χ0v) is 25.1. The van der Waals surface area contributed by atoms with E-state index in [9.17, 15) is 14.0 Å². The van der Waals surface area contributed by atoms with Crippen LogP contribution in [0.15, 0.2) is 36.8 Å². The number of likely N-dealkylation sites (tertiary alicyclic amines) is 1. The molecule has 5 rings (SSSR count). The Kier molecular flexibility index (Phi) is 8.78. The van der Waals surface area contributed by atoms with Crippen molar-refractivity contribution in [3.05, 3.63) is 59.3 Å². The van der Waals surface area contributed by atoms with Crippen LogP contribution in [0.25, 0.3) is 16.6 Å². The van der Waals surface area contributed by atoms with Crippen molar-refractivity contribution in [2.75, 3.05) is 33.7 Å². The van der Waals surface area contributed by atoms with Crippen LogP contribution in [0.1, 0.15) is 67.4 Å². The maximum Gasteiger partial charge on any atom is 0.256 e. The van der Waals surface area contributed by atoms with Gasteiger partial charge in [0.2, 0.25) is 5.91 Å². The van der Waals surface area contributed by atoms with Crippen molar-refractivity contribution in [2.24, 2.45) is 17.8 Å². The molecule has 3 aromatic rings. The highest BCUT2D eigenvalue weighted by Crippen LogP contribution is 2.34. The summed E-state index contributed by atoms with van der Waals surface area (Å²) in [4.78, 5) is 34.1. The normalized spacial score (nSPS) is 21.5. The first kappa shape index (κ1) is 29.2. The second kappa shape index (κ2) is 12.3. The van der Waals surface area contributed by atoms with Crippen LogP contribution in [0.4, 0.5) is 4.39 Å². The second-order valence-electron chi connectivity index (χ2n) is 12.5. The fraction of sp³-hybridized carbons (Fsp3) is 0.545. The van der Waals surface area contributed by atoms with Gasteiger partial charge in [0, 0.05) is 56.9 Å². The Morgan fingerprint density at radius 3 is 2.59 bits per heavy atom. The van der Waals surface area contributed by atoms with E-state index in [0.717, 1.165) is 69.2 Å². The quantitative estimate of drug-likeness (QED) is 0.402. The Morgan fingerprint density at radius 2 is 1.88 bits per heavy atom. The molecule has 3 heterocycles. The minimum absolute atomic E-state index is 0.00399. The summed E-state index contributed by atoms with van der Waals surface area (Å²) in [6, 6.07) is 4.48. The molecule has 0 unspecified atom stereocenters. The number of carbonyl (C=O) groups excluding carboxylic acids is 2. The van der Waals surface area contributed by atoms with Crippen molar-refractivity contribution in [3.63, 3.8) is 0 Å². The Labute approximate surface area is 243 Å². The van der Waals surface area contributed by atoms with Gasteiger partial charge in [-0.2, -0.15) is 0 Å². The summed E-state index contributed by atoms with van der Waals surface area (Å²) < 4.78 is 16.4. The topological polar surface area (TPSA) is 70.5 Å². The molecule has 2 amide bonds. The monoisotopic (exact) mass is 561 g/mol. The van der Waals surface area contributed by atoms with Crippen molar-refractivity contribution >= 4 is 22.7 Å². The number of nitrogens with zero attached hydrogens (tertiary/aromatic N) is 4. The van der Waals surface area contributed by atoms with Gasteiger partial charge in [-0.3, -0.25) is 14.6 Å². The van der Waals surface area contributed by atoms with E-state index in [1.165, 1.54) is 23.1 Å². The van der Waals surface area contributed by atoms with E-state index in [2.05, 4.69) is 28.3 Å². The van der Waals surface area contributed by atoms with Gasteiger partial charge < -0.3 is 19.7 Å². The molecule has 2 aliphatic rings. The highest BCUT2D eigenvalue weighted by atomic mass is 19.1. The number of nitrogens with one attached hydrogen (secondary N) is 1. The molecule has 1 atom stereocenters. The molecule has 7 nitrogen and oxygen atoms in total. The van der Waals surface area contributed by atoms with Crippen molar-refractivity contribution in [1.82, 2.24) is 24.7 Å². The minimum Gasteiger partial charge on any atom is -0.359 e. The highest BCUT2D eigenvalue weighted by Gasteiger charge is 2.30. The van der Waals surface area contributed by atoms with Crippen LogP contribution in [0.2, 0.25) is 0 Å². The van der Waals surface area contributed by atoms with Crippen molar-refractivity contribution in [2.45, 2.75) is 65.3 Å². The van der Waals surface area contributed by atoms with Crippen LogP contribution < -0.4 is 5.32 Å². The van der Waals surface area contributed by atoms with Crippen LogP contribution >= 0.6 is 0 Å². The first-order valence-electron chi connectivity index (χ1n) is 15.1. The zero-order valence-electron chi connectivity index (χ0n) is 25.1. The molecule has 1 N–H and O–H groups in total. The van der Waals surface area contributed by atoms with Gasteiger partial charge >= 0.3 is 0 Å². The SMILES string of the molecule is CNC(=O)C1CCC(CN2CC[C@H](Cc3cn(-c4ccc(F)cc4C(=O)N(C)C(C)C)c4cncc(C)c34)C2)CC1. The molecule has 2 fully saturated rings. The van der Waals surface area contributed by atoms with Crippen LogP contribution in [-0.2, 0) is 11.2 Å². The lowest BCUT2D eigenvalue weighted by atomic mass is 9.81. The number of carbonyl (C=O) groups is 2. The molecule has 0 bridgehead atoms. The largest absolute Gasteiger partial charge is 0.359 e. The number of rotatable bonds is 8. The molecular weight excluding hydrogens is 517 g/mol. The zero-order chi connectivity index (χ0) is 29.3. The van der Waals surface area contributed by atoms with Crippen LogP contribution in [-0.4, -0.2) is 70.9 Å². The van der Waals surface area contributed by atoms with E-state index in [0.29, 0.717) is 23.1 Å². The van der Waals surface area contributed by atoms with Crippen molar-refractivity contribution in [3.8, 4) is 5.69 Å². The first-order chi connectivity index (χ1) is 19.7. The number of hydrogen-bond donors (Lipinski definition) is 1. The van der Waals surface area contributed by atoms with Crippen LogP contribution in [0, 0.1) is 30.5 Å². The van der Waals surface area contributed by atoms with E-state index in [1.54, 1.807) is 25.1 Å². The van der Waals surface area contributed by atoms with Crippen LogP contribution in [0.3, 0.4) is 0 Å². The Bertz CT molecular complexity index is 1410. The number of fused-ring (bicyclic) bond motifs is 1. The average Bonchev–Trinajstić information content (AvgIpc) is 3.57. The molecule has 220 valence electrons. The van der Waals surface area contributed by atoms with E-state index in [4.69, 9.17) is 0 Å². The molecule has 1 aliphatic carbocycles. The Hall–Kier alpha value is -3.26. The van der Waals surface area contributed by atoms with E-state index in [1.807, 2.05) is 30.8 Å². The number of aromatic nitrogens is 2. The fourth-order valence-corrected chi connectivity index (χ4v) is 6.84. The molecule has 2 aromatic heterocycles. The standard InChI is InChI=1S/C33H44FN5O2/c1-21(2)37(5)33(41)28-15-27(34)10-11-29(28)39-20-26(31-22(3)16-36-17-30(31)39)14-24-12-13-38(19-24)18-23-6-8-25(9-7-23)32(40)35-4/h10-11,15-17,20-21,23-25H,6-9,12-14,18-19H2,1-5H3,(H,35,40)/t23?,24-,25?/m1/s1. The van der Waals surface area contributed by atoms with E-state index >= 15 is 0 Å². The third kappa shape index (κ3) is 6.17. The van der Waals surface area contributed by atoms with E-state index < -0.39 is 5.82 Å². The fourth-order valence-electron chi connectivity index (χ4n) is 6.84. The Balaban J connectivity index is 1.35. The molecule has 1 aromatic carbocycles. The lowest BCUT2D eigenvalue weighted by Gasteiger charge is -2.30. The molecule has 0 spiro atoms. The summed E-state index contributed by atoms with van der Waals surface area (Å²) in [6.07, 6.45) is 12.2. The predicted octanol–water partition coefficient (Wildman–Crippen LogP) is 5.37. The molecule has 1 saturated heterocycles. The summed E-state index contributed by atoms with van der Waals surface area (Å²) in [5.41, 5.74) is 4.32. The van der Waals surface area contributed by atoms with Gasteiger partial charge in [0.25, 0.3) is 5.91 Å². The van der Waals surface area contributed by atoms with Gasteiger partial charge in [0.05, 0.1) is 23.0 Å². The summed E-state index contributed by atoms with van der Waals surface area (Å²) >= 11 is 0. The predicted molar refractivity (Wildman–Crippen MR) is 161 cm³/mol. The number of pyridine rings is 1. The molecule has 1 aliphatic heterocycles. The van der Waals surface area contributed by atoms with Crippen molar-refractivity contribution in [1.29, 1.82) is 0 Å². The summed E-state index contributed by atoms with van der Waals surface area (Å²) in [7, 11) is 3.49. The van der Waals surface area contributed by atoms with Crippen LogP contribution in [0.5, 0.6) is 0 Å². The maximum atomic E-state index is 14.4.